The number of hydrogen-bond acceptors (Lipinski definition) is 3. The predicted octanol–water partition coefficient (Wildman–Crippen LogP) is -2.76. The number of benzene rings is 1. The summed E-state index contributed by atoms with van der Waals surface area (Å²) in [5.41, 5.74) is 5.76. The van der Waals surface area contributed by atoms with Crippen LogP contribution in [0.25, 0.3) is 0 Å². The lowest BCUT2D eigenvalue weighted by Crippen LogP contribution is -3.30. The molecule has 3 amide bonds. The van der Waals surface area contributed by atoms with Crippen LogP contribution in [-0.2, 0) is 14.4 Å². The van der Waals surface area contributed by atoms with Gasteiger partial charge in [-0.3, -0.25) is 14.4 Å². The van der Waals surface area contributed by atoms with E-state index in [1.54, 1.807) is 24.3 Å². The smallest absolute Gasteiger partial charge is 0.292 e. The minimum atomic E-state index is -0.355. The van der Waals surface area contributed by atoms with Crippen LogP contribution in [-0.4, -0.2) is 56.5 Å². The third kappa shape index (κ3) is 3.43. The molecule has 0 spiro atoms. The average molecular weight is 353 g/mol. The van der Waals surface area contributed by atoms with Gasteiger partial charge in [0.2, 0.25) is 5.91 Å². The first-order valence-electron chi connectivity index (χ1n) is 8.04. The van der Waals surface area contributed by atoms with Crippen molar-refractivity contribution in [1.82, 2.24) is 0 Å². The Morgan fingerprint density at radius 2 is 1.96 bits per heavy atom. The lowest BCUT2D eigenvalue weighted by atomic mass is 10.1. The Morgan fingerprint density at radius 1 is 1.25 bits per heavy atom. The highest BCUT2D eigenvalue weighted by Gasteiger charge is 2.47. The Bertz CT molecular complexity index is 673. The molecule has 2 fully saturated rings. The van der Waals surface area contributed by atoms with Crippen molar-refractivity contribution >= 4 is 35.0 Å². The van der Waals surface area contributed by atoms with E-state index >= 15 is 0 Å². The normalized spacial score (nSPS) is 27.5. The third-order valence-corrected chi connectivity index (χ3v) is 4.96. The van der Waals surface area contributed by atoms with E-state index in [2.05, 4.69) is 0 Å². The maximum atomic E-state index is 12.7. The number of carbonyl (C=O) groups excluding carboxylic acids is 3. The summed E-state index contributed by atoms with van der Waals surface area (Å²) >= 11 is 5.97. The van der Waals surface area contributed by atoms with Gasteiger partial charge in [-0.25, -0.2) is 4.90 Å². The van der Waals surface area contributed by atoms with Crippen LogP contribution in [0, 0.1) is 0 Å². The molecule has 0 bridgehead atoms. The second-order valence-electron chi connectivity index (χ2n) is 6.36. The first kappa shape index (κ1) is 16.9. The number of hydrogen-bond donors (Lipinski definition) is 3. The SMILES string of the molecule is NC(=O)C[NH+]1CC[NH+]([C@@H]2CC(=O)N(c3cccc(Cl)c3)C2=O)CC1. The second kappa shape index (κ2) is 6.88. The molecule has 0 unspecified atom stereocenters. The van der Waals surface area contributed by atoms with E-state index < -0.39 is 0 Å². The van der Waals surface area contributed by atoms with E-state index in [1.165, 1.54) is 4.90 Å². The molecule has 24 heavy (non-hydrogen) atoms. The molecule has 1 atom stereocenters. The highest BCUT2D eigenvalue weighted by Crippen LogP contribution is 2.24. The molecule has 128 valence electrons. The number of nitrogens with two attached hydrogens (primary N) is 1. The molecule has 2 aliphatic heterocycles. The van der Waals surface area contributed by atoms with Crippen LogP contribution < -0.4 is 20.4 Å². The number of quaternary nitrogens is 2. The molecule has 0 aliphatic carbocycles. The molecule has 1 aromatic rings. The van der Waals surface area contributed by atoms with Crippen molar-refractivity contribution < 1.29 is 24.2 Å². The number of piperazine rings is 1. The number of imide groups is 1. The zero-order chi connectivity index (χ0) is 17.3. The predicted molar refractivity (Wildman–Crippen MR) is 87.8 cm³/mol. The van der Waals surface area contributed by atoms with E-state index in [0.717, 1.165) is 36.0 Å². The van der Waals surface area contributed by atoms with Crippen LogP contribution in [0.1, 0.15) is 6.42 Å². The van der Waals surface area contributed by atoms with Crippen LogP contribution in [0.15, 0.2) is 24.3 Å². The number of primary amides is 1. The van der Waals surface area contributed by atoms with Crippen molar-refractivity contribution in [1.29, 1.82) is 0 Å². The summed E-state index contributed by atoms with van der Waals surface area (Å²) in [6.07, 6.45) is 0.214. The average Bonchev–Trinajstić information content (AvgIpc) is 2.82. The van der Waals surface area contributed by atoms with Gasteiger partial charge in [-0.15, -0.1) is 0 Å². The highest BCUT2D eigenvalue weighted by atomic mass is 35.5. The van der Waals surface area contributed by atoms with Gasteiger partial charge in [0.15, 0.2) is 12.6 Å². The summed E-state index contributed by atoms with van der Waals surface area (Å²) in [7, 11) is 0. The molecule has 3 rings (SSSR count). The first-order valence-corrected chi connectivity index (χ1v) is 8.42. The molecular formula is C16H21ClN4O3+2. The maximum absolute atomic E-state index is 12.7. The number of nitrogens with one attached hydrogen (secondary N) is 2. The molecule has 2 heterocycles. The summed E-state index contributed by atoms with van der Waals surface area (Å²) in [6, 6.07) is 6.43. The molecule has 1 aromatic carbocycles. The van der Waals surface area contributed by atoms with Gasteiger partial charge in [-0.1, -0.05) is 17.7 Å². The molecule has 4 N–H and O–H groups in total. The van der Waals surface area contributed by atoms with Gasteiger partial charge in [0.1, 0.15) is 26.2 Å². The highest BCUT2D eigenvalue weighted by molar-refractivity contribution is 6.31. The van der Waals surface area contributed by atoms with Gasteiger partial charge in [0, 0.05) is 5.02 Å². The van der Waals surface area contributed by atoms with E-state index in [4.69, 9.17) is 17.3 Å². The molecule has 2 aliphatic rings. The number of anilines is 1. The van der Waals surface area contributed by atoms with Gasteiger partial charge < -0.3 is 15.5 Å². The van der Waals surface area contributed by atoms with Crippen molar-refractivity contribution in [3.63, 3.8) is 0 Å². The van der Waals surface area contributed by atoms with Gasteiger partial charge in [-0.2, -0.15) is 0 Å². The number of carbonyl (C=O) groups is 3. The van der Waals surface area contributed by atoms with E-state index in [1.807, 2.05) is 0 Å². The van der Waals surface area contributed by atoms with Crippen LogP contribution in [0.3, 0.4) is 0 Å². The monoisotopic (exact) mass is 352 g/mol. The van der Waals surface area contributed by atoms with Crippen molar-refractivity contribution in [3.05, 3.63) is 29.3 Å². The van der Waals surface area contributed by atoms with E-state index in [-0.39, 0.29) is 30.2 Å². The first-order chi connectivity index (χ1) is 11.5. The lowest BCUT2D eigenvalue weighted by molar-refractivity contribution is -1.02. The molecule has 7 nitrogen and oxygen atoms in total. The largest absolute Gasteiger partial charge is 0.365 e. The minimum absolute atomic E-state index is 0.171. The number of amides is 3. The Morgan fingerprint density at radius 3 is 2.58 bits per heavy atom. The lowest BCUT2D eigenvalue weighted by Gasteiger charge is -2.31. The fourth-order valence-corrected chi connectivity index (χ4v) is 3.72. The van der Waals surface area contributed by atoms with Crippen LogP contribution in [0.2, 0.25) is 5.02 Å². The molecule has 8 heteroatoms. The Labute approximate surface area is 144 Å². The van der Waals surface area contributed by atoms with Gasteiger partial charge in [0.25, 0.3) is 11.8 Å². The summed E-state index contributed by atoms with van der Waals surface area (Å²) in [4.78, 5) is 39.6. The van der Waals surface area contributed by atoms with Gasteiger partial charge in [-0.05, 0) is 18.2 Å². The number of halogens is 1. The summed E-state index contributed by atoms with van der Waals surface area (Å²) in [5.74, 6) is -0.671. The topological polar surface area (TPSA) is 89.3 Å². The van der Waals surface area contributed by atoms with Gasteiger partial charge >= 0.3 is 0 Å². The Hall–Kier alpha value is -1.96. The minimum Gasteiger partial charge on any atom is -0.365 e. The summed E-state index contributed by atoms with van der Waals surface area (Å²) in [5, 5.41) is 0.493. The molecule has 0 aromatic heterocycles. The Balaban J connectivity index is 1.68. The van der Waals surface area contributed by atoms with E-state index in [9.17, 15) is 14.4 Å². The molecule has 0 radical (unpaired) electrons. The van der Waals surface area contributed by atoms with E-state index in [0.29, 0.717) is 17.3 Å². The summed E-state index contributed by atoms with van der Waals surface area (Å²) in [6.45, 7) is 3.35. The quantitative estimate of drug-likeness (QED) is 0.513. The maximum Gasteiger partial charge on any atom is 0.292 e. The van der Waals surface area contributed by atoms with Crippen LogP contribution >= 0.6 is 11.6 Å². The molecule has 0 saturated carbocycles. The zero-order valence-electron chi connectivity index (χ0n) is 13.3. The molecule has 2 saturated heterocycles. The van der Waals surface area contributed by atoms with Crippen molar-refractivity contribution in [2.45, 2.75) is 12.5 Å². The zero-order valence-corrected chi connectivity index (χ0v) is 14.0. The fourth-order valence-electron chi connectivity index (χ4n) is 3.53. The van der Waals surface area contributed by atoms with Crippen molar-refractivity contribution in [3.8, 4) is 0 Å². The van der Waals surface area contributed by atoms with Crippen LogP contribution in [0.5, 0.6) is 0 Å². The van der Waals surface area contributed by atoms with Crippen molar-refractivity contribution in [2.75, 3.05) is 37.6 Å². The standard InChI is InChI=1S/C16H19ClN4O3/c17-11-2-1-3-12(8-11)21-15(23)9-13(16(21)24)20-6-4-19(5-7-20)10-14(18)22/h1-3,8,13H,4-7,9-10H2,(H2,18,22)/p+2/t13-/m1/s1. The Kier molecular flexibility index (Phi) is 4.84. The third-order valence-electron chi connectivity index (χ3n) is 4.73. The van der Waals surface area contributed by atoms with Gasteiger partial charge in [0.05, 0.1) is 12.1 Å². The number of nitrogens with zero attached hydrogens (tertiary/aromatic N) is 1. The van der Waals surface area contributed by atoms with Crippen LogP contribution in [0.4, 0.5) is 5.69 Å². The fraction of sp³-hybridized carbons (Fsp3) is 0.438. The summed E-state index contributed by atoms with van der Waals surface area (Å²) < 4.78 is 0. The second-order valence-corrected chi connectivity index (χ2v) is 6.79. The molecular weight excluding hydrogens is 332 g/mol. The van der Waals surface area contributed by atoms with Crippen molar-refractivity contribution in [2.24, 2.45) is 5.73 Å². The number of rotatable bonds is 4.